The number of nitrogens with one attached hydrogen (secondary N) is 1. The van der Waals surface area contributed by atoms with Crippen molar-refractivity contribution >= 4 is 29.4 Å². The number of esters is 1. The molecule has 1 fully saturated rings. The van der Waals surface area contributed by atoms with Crippen LogP contribution in [-0.2, 0) is 14.2 Å². The van der Waals surface area contributed by atoms with Crippen LogP contribution in [0.5, 0.6) is 11.5 Å². The van der Waals surface area contributed by atoms with Crippen molar-refractivity contribution in [2.24, 2.45) is 5.92 Å². The minimum atomic E-state index is -1.58. The smallest absolute Gasteiger partial charge is 0.410 e. The molecule has 49 heavy (non-hydrogen) atoms. The highest BCUT2D eigenvalue weighted by molar-refractivity contribution is 6.03. The summed E-state index contributed by atoms with van der Waals surface area (Å²) < 4.78 is 27.6. The molecule has 3 aromatic rings. The average molecular weight is 678 g/mol. The molecule has 4 rings (SSSR count). The second-order valence-corrected chi connectivity index (χ2v) is 11.9. The van der Waals surface area contributed by atoms with Gasteiger partial charge >= 0.3 is 12.1 Å². The van der Waals surface area contributed by atoms with Crippen LogP contribution in [0.2, 0.25) is 0 Å². The number of nitrogen functional groups attached to an aromatic ring is 1. The van der Waals surface area contributed by atoms with Gasteiger partial charge in [0.2, 0.25) is 6.23 Å². The van der Waals surface area contributed by atoms with Gasteiger partial charge in [-0.15, -0.1) is 0 Å². The number of benzene rings is 3. The molecule has 1 heterocycles. The van der Waals surface area contributed by atoms with Crippen molar-refractivity contribution in [3.63, 3.8) is 0 Å². The van der Waals surface area contributed by atoms with Crippen LogP contribution < -0.4 is 20.5 Å². The van der Waals surface area contributed by atoms with E-state index in [1.165, 1.54) is 32.4 Å². The van der Waals surface area contributed by atoms with Gasteiger partial charge in [0.25, 0.3) is 5.91 Å². The molecule has 0 aliphatic carbocycles. The van der Waals surface area contributed by atoms with E-state index in [4.69, 9.17) is 29.4 Å². The molecule has 4 N–H and O–H groups in total. The fraction of sp³-hybridized carbons (Fsp3) is 0.389. The highest BCUT2D eigenvalue weighted by Gasteiger charge is 2.45. The maximum Gasteiger partial charge on any atom is 0.410 e. The van der Waals surface area contributed by atoms with Crippen LogP contribution in [0.1, 0.15) is 66.2 Å². The fourth-order valence-corrected chi connectivity index (χ4v) is 6.01. The van der Waals surface area contributed by atoms with Gasteiger partial charge in [0.1, 0.15) is 11.5 Å². The third kappa shape index (κ3) is 8.30. The predicted octanol–water partition coefficient (Wildman–Crippen LogP) is 5.02. The van der Waals surface area contributed by atoms with Crippen LogP contribution >= 0.6 is 0 Å². The number of carboxylic acid groups (broad SMARTS) is 1. The third-order valence-electron chi connectivity index (χ3n) is 8.59. The number of ether oxygens (including phenoxy) is 5. The SMILES string of the molecule is COCOc1c(C)cc(C(=O)NC2C(C(=O)c3cc(N)c(C)c(C)c3OCOC)CCCN(C(=O)O)C2OC(=O)c2ccccc2)cc1C. The van der Waals surface area contributed by atoms with Crippen LogP contribution in [0.4, 0.5) is 10.5 Å². The van der Waals surface area contributed by atoms with Crippen molar-refractivity contribution in [1.82, 2.24) is 10.2 Å². The van der Waals surface area contributed by atoms with E-state index in [0.717, 1.165) is 4.90 Å². The Hall–Kier alpha value is -5.14. The largest absolute Gasteiger partial charge is 0.467 e. The summed E-state index contributed by atoms with van der Waals surface area (Å²) in [5.74, 6) is -2.19. The van der Waals surface area contributed by atoms with Gasteiger partial charge in [0, 0.05) is 37.9 Å². The molecular formula is C36H43N3O10. The molecule has 2 amide bonds. The van der Waals surface area contributed by atoms with Gasteiger partial charge in [-0.2, -0.15) is 0 Å². The highest BCUT2D eigenvalue weighted by atomic mass is 16.7. The maximum absolute atomic E-state index is 14.6. The van der Waals surface area contributed by atoms with Crippen molar-refractivity contribution < 1.29 is 48.0 Å². The molecule has 0 radical (unpaired) electrons. The van der Waals surface area contributed by atoms with E-state index < -0.39 is 41.9 Å². The number of anilines is 1. The van der Waals surface area contributed by atoms with Gasteiger partial charge in [-0.05, 0) is 93.1 Å². The van der Waals surface area contributed by atoms with Crippen molar-refractivity contribution in [3.8, 4) is 11.5 Å². The number of Topliss-reactive ketones (excluding diaryl/α,β-unsaturated/α-hetero) is 1. The van der Waals surface area contributed by atoms with Crippen LogP contribution in [0.15, 0.2) is 48.5 Å². The lowest BCUT2D eigenvalue weighted by Gasteiger charge is -2.36. The number of nitrogens with zero attached hydrogens (tertiary/aromatic N) is 1. The summed E-state index contributed by atoms with van der Waals surface area (Å²) in [5.41, 5.74) is 9.83. The average Bonchev–Trinajstić information content (AvgIpc) is 3.25. The minimum absolute atomic E-state index is 0.0116. The Kier molecular flexibility index (Phi) is 12.2. The number of nitrogens with two attached hydrogens (primary N) is 1. The van der Waals surface area contributed by atoms with Gasteiger partial charge in [-0.3, -0.25) is 14.5 Å². The lowest BCUT2D eigenvalue weighted by atomic mass is 9.85. The van der Waals surface area contributed by atoms with Crippen LogP contribution in [0.3, 0.4) is 0 Å². The fourth-order valence-electron chi connectivity index (χ4n) is 6.01. The Morgan fingerprint density at radius 2 is 1.49 bits per heavy atom. The van der Waals surface area contributed by atoms with Gasteiger partial charge in [0.15, 0.2) is 19.4 Å². The van der Waals surface area contributed by atoms with E-state index in [0.29, 0.717) is 33.7 Å². The summed E-state index contributed by atoms with van der Waals surface area (Å²) in [6, 6.07) is 11.5. The van der Waals surface area contributed by atoms with E-state index in [9.17, 15) is 24.3 Å². The molecular weight excluding hydrogens is 634 g/mol. The molecule has 1 aliphatic heterocycles. The molecule has 3 aromatic carbocycles. The zero-order chi connectivity index (χ0) is 35.8. The van der Waals surface area contributed by atoms with E-state index in [1.54, 1.807) is 58.0 Å². The molecule has 13 nitrogen and oxygen atoms in total. The topological polar surface area (TPSA) is 176 Å². The van der Waals surface area contributed by atoms with Gasteiger partial charge in [-0.25, -0.2) is 9.59 Å². The molecule has 0 bridgehead atoms. The number of hydrogen-bond acceptors (Lipinski definition) is 10. The number of aryl methyl sites for hydroxylation is 2. The number of ketones is 1. The molecule has 1 saturated heterocycles. The summed E-state index contributed by atoms with van der Waals surface area (Å²) in [5, 5.41) is 13.2. The van der Waals surface area contributed by atoms with E-state index in [-0.39, 0.29) is 55.4 Å². The summed E-state index contributed by atoms with van der Waals surface area (Å²) >= 11 is 0. The first-order chi connectivity index (χ1) is 23.4. The molecule has 3 unspecified atom stereocenters. The normalized spacial score (nSPS) is 17.5. The Morgan fingerprint density at radius 3 is 2.08 bits per heavy atom. The molecule has 13 heteroatoms. The predicted molar refractivity (Wildman–Crippen MR) is 180 cm³/mol. The maximum atomic E-state index is 14.6. The molecule has 0 spiro atoms. The van der Waals surface area contributed by atoms with E-state index >= 15 is 0 Å². The lowest BCUT2D eigenvalue weighted by molar-refractivity contribution is -0.0416. The second-order valence-electron chi connectivity index (χ2n) is 11.9. The zero-order valence-corrected chi connectivity index (χ0v) is 28.5. The first-order valence-electron chi connectivity index (χ1n) is 15.7. The van der Waals surface area contributed by atoms with Crippen molar-refractivity contribution in [1.29, 1.82) is 0 Å². The standard InChI is InChI=1S/C36H43N3O10/c1-20-15-25(16-21(2)31(20)47-18-45-5)33(41)38-29-26(30(40)27-17-28(37)22(3)23(4)32(27)48-19-46-6)13-10-14-39(36(43)44)34(29)49-35(42)24-11-8-7-9-12-24/h7-9,11-12,15-17,26,29,34H,10,13-14,18-19,37H2,1-6H3,(H,38,41)(H,43,44). The number of carbonyl (C=O) groups is 4. The summed E-state index contributed by atoms with van der Waals surface area (Å²) in [7, 11) is 2.95. The highest BCUT2D eigenvalue weighted by Crippen LogP contribution is 2.36. The lowest BCUT2D eigenvalue weighted by Crippen LogP contribution is -2.58. The Morgan fingerprint density at radius 1 is 0.878 bits per heavy atom. The molecule has 262 valence electrons. The van der Waals surface area contributed by atoms with E-state index in [2.05, 4.69) is 5.32 Å². The van der Waals surface area contributed by atoms with Gasteiger partial charge in [0.05, 0.1) is 17.2 Å². The Bertz CT molecular complexity index is 1670. The van der Waals surface area contributed by atoms with Crippen LogP contribution in [-0.4, -0.2) is 80.4 Å². The van der Waals surface area contributed by atoms with Crippen molar-refractivity contribution in [2.45, 2.75) is 52.8 Å². The van der Waals surface area contributed by atoms with Crippen molar-refractivity contribution in [2.75, 3.05) is 40.1 Å². The number of hydrogen-bond donors (Lipinski definition) is 3. The number of methoxy groups -OCH3 is 2. The summed E-state index contributed by atoms with van der Waals surface area (Å²) in [6.45, 7) is 6.90. The zero-order valence-electron chi connectivity index (χ0n) is 28.5. The monoisotopic (exact) mass is 677 g/mol. The molecule has 0 saturated carbocycles. The first kappa shape index (κ1) is 36.7. The summed E-state index contributed by atoms with van der Waals surface area (Å²) in [6.07, 6.45) is -2.59. The molecule has 1 aliphatic rings. The van der Waals surface area contributed by atoms with Crippen LogP contribution in [0, 0.1) is 33.6 Å². The van der Waals surface area contributed by atoms with Gasteiger partial charge < -0.3 is 39.8 Å². The quantitative estimate of drug-likeness (QED) is 0.102. The van der Waals surface area contributed by atoms with E-state index in [1.807, 2.05) is 0 Å². The number of rotatable bonds is 12. The minimum Gasteiger partial charge on any atom is -0.467 e. The van der Waals surface area contributed by atoms with Gasteiger partial charge in [-0.1, -0.05) is 18.2 Å². The number of likely N-dealkylation sites (tertiary alicyclic amines) is 1. The Balaban J connectivity index is 1.84. The second kappa shape index (κ2) is 16.3. The molecule has 3 atom stereocenters. The summed E-state index contributed by atoms with van der Waals surface area (Å²) in [4.78, 5) is 55.7. The Labute approximate surface area is 285 Å². The first-order valence-corrected chi connectivity index (χ1v) is 15.7. The van der Waals surface area contributed by atoms with Crippen molar-refractivity contribution in [3.05, 3.63) is 87.5 Å². The third-order valence-corrected chi connectivity index (χ3v) is 8.59. The number of carbonyl (C=O) groups excluding carboxylic acids is 3. The van der Waals surface area contributed by atoms with Crippen LogP contribution in [0.25, 0.3) is 0 Å². The number of amides is 2. The molecule has 0 aromatic heterocycles.